The Hall–Kier alpha value is -3.30. The van der Waals surface area contributed by atoms with E-state index in [-0.39, 0.29) is 30.3 Å². The fraction of sp³-hybridized carbons (Fsp3) is 0.188. The van der Waals surface area contributed by atoms with Gasteiger partial charge in [0.15, 0.2) is 6.61 Å². The lowest BCUT2D eigenvalue weighted by Crippen LogP contribution is -2.28. The van der Waals surface area contributed by atoms with E-state index in [9.17, 15) is 28.1 Å². The van der Waals surface area contributed by atoms with Crippen LogP contribution >= 0.6 is 0 Å². The number of halogens is 3. The minimum atomic E-state index is -4.76. The number of hydrogen-bond acceptors (Lipinski definition) is 5. The Balaban J connectivity index is 1.80. The van der Waals surface area contributed by atoms with Crippen molar-refractivity contribution in [2.45, 2.75) is 12.9 Å². The zero-order valence-electron chi connectivity index (χ0n) is 13.2. The normalized spacial score (nSPS) is 10.9. The molecule has 0 radical (unpaired) electrons. The Morgan fingerprint density at radius 1 is 1.12 bits per heavy atom. The van der Waals surface area contributed by atoms with Crippen molar-refractivity contribution < 1.29 is 32.4 Å². The van der Waals surface area contributed by atoms with E-state index in [0.29, 0.717) is 5.56 Å². The predicted molar refractivity (Wildman–Crippen MR) is 83.6 cm³/mol. The first kappa shape index (κ1) is 19.0. The number of carbonyl (C=O) groups is 1. The first-order valence-electron chi connectivity index (χ1n) is 7.21. The van der Waals surface area contributed by atoms with Crippen molar-refractivity contribution in [3.63, 3.8) is 0 Å². The molecular formula is C16H13F3N2O5. The van der Waals surface area contributed by atoms with Gasteiger partial charge in [0.2, 0.25) is 0 Å². The molecule has 138 valence electrons. The number of ether oxygens (including phenoxy) is 2. The molecule has 0 spiro atoms. The maximum absolute atomic E-state index is 12.1. The molecule has 0 aliphatic rings. The topological polar surface area (TPSA) is 90.7 Å². The summed E-state index contributed by atoms with van der Waals surface area (Å²) in [6, 6.07) is 10.4. The number of amides is 1. The molecule has 0 unspecified atom stereocenters. The van der Waals surface area contributed by atoms with Gasteiger partial charge in [-0.3, -0.25) is 14.9 Å². The van der Waals surface area contributed by atoms with Gasteiger partial charge >= 0.3 is 6.36 Å². The highest BCUT2D eigenvalue weighted by Gasteiger charge is 2.30. The van der Waals surface area contributed by atoms with Crippen LogP contribution in [0, 0.1) is 10.1 Å². The van der Waals surface area contributed by atoms with E-state index < -0.39 is 17.2 Å². The molecule has 10 heteroatoms. The summed E-state index contributed by atoms with van der Waals surface area (Å²) in [6.07, 6.45) is -4.76. The second-order valence-electron chi connectivity index (χ2n) is 5.01. The van der Waals surface area contributed by atoms with E-state index in [0.717, 1.165) is 12.1 Å². The molecule has 7 nitrogen and oxygen atoms in total. The van der Waals surface area contributed by atoms with Crippen LogP contribution in [0.4, 0.5) is 18.9 Å². The average Bonchev–Trinajstić information content (AvgIpc) is 2.58. The number of nitrogens with zero attached hydrogens (tertiary/aromatic N) is 1. The Morgan fingerprint density at radius 2 is 1.81 bits per heavy atom. The highest BCUT2D eigenvalue weighted by atomic mass is 19.4. The largest absolute Gasteiger partial charge is 0.573 e. The summed E-state index contributed by atoms with van der Waals surface area (Å²) in [5.74, 6) is -0.684. The van der Waals surface area contributed by atoms with Crippen molar-refractivity contribution in [3.8, 4) is 11.5 Å². The maximum Gasteiger partial charge on any atom is 0.573 e. The van der Waals surface area contributed by atoms with Gasteiger partial charge in [0, 0.05) is 12.6 Å². The van der Waals surface area contributed by atoms with Crippen LogP contribution in [0.2, 0.25) is 0 Å². The molecule has 0 saturated heterocycles. The van der Waals surface area contributed by atoms with Crippen molar-refractivity contribution in [2.75, 3.05) is 6.61 Å². The van der Waals surface area contributed by atoms with E-state index in [2.05, 4.69) is 10.1 Å². The van der Waals surface area contributed by atoms with Crippen molar-refractivity contribution in [1.29, 1.82) is 0 Å². The predicted octanol–water partition coefficient (Wildman–Crippen LogP) is 3.19. The number of non-ortho nitro benzene ring substituents is 1. The molecule has 1 N–H and O–H groups in total. The van der Waals surface area contributed by atoms with Gasteiger partial charge < -0.3 is 14.8 Å². The molecule has 0 fully saturated rings. The Kier molecular flexibility index (Phi) is 5.99. The molecule has 1 amide bonds. The molecule has 0 aliphatic heterocycles. The second-order valence-corrected chi connectivity index (χ2v) is 5.01. The monoisotopic (exact) mass is 370 g/mol. The SMILES string of the molecule is O=C(COc1cccc([N+](=O)[O-])c1)NCc1ccc(OC(F)(F)F)cc1. The van der Waals surface area contributed by atoms with Crippen LogP contribution < -0.4 is 14.8 Å². The van der Waals surface area contributed by atoms with Crippen LogP contribution in [0.15, 0.2) is 48.5 Å². The quantitative estimate of drug-likeness (QED) is 0.597. The second kappa shape index (κ2) is 8.19. The maximum atomic E-state index is 12.1. The van der Waals surface area contributed by atoms with E-state index in [4.69, 9.17) is 4.74 Å². The van der Waals surface area contributed by atoms with Crippen molar-refractivity contribution >= 4 is 11.6 Å². The third kappa shape index (κ3) is 6.30. The van der Waals surface area contributed by atoms with Gasteiger partial charge in [-0.05, 0) is 23.8 Å². The molecular weight excluding hydrogens is 357 g/mol. The molecule has 0 bridgehead atoms. The number of nitro benzene ring substituents is 1. The molecule has 26 heavy (non-hydrogen) atoms. The van der Waals surface area contributed by atoms with E-state index in [1.807, 2.05) is 0 Å². The average molecular weight is 370 g/mol. The summed E-state index contributed by atoms with van der Waals surface area (Å²) < 4.78 is 45.1. The number of nitrogens with one attached hydrogen (secondary N) is 1. The summed E-state index contributed by atoms with van der Waals surface area (Å²) in [7, 11) is 0. The van der Waals surface area contributed by atoms with E-state index >= 15 is 0 Å². The number of benzene rings is 2. The molecule has 2 aromatic rings. The molecule has 0 atom stereocenters. The lowest BCUT2D eigenvalue weighted by atomic mass is 10.2. The van der Waals surface area contributed by atoms with Crippen LogP contribution in [0.3, 0.4) is 0 Å². The van der Waals surface area contributed by atoms with Crippen molar-refractivity contribution in [1.82, 2.24) is 5.32 Å². The Morgan fingerprint density at radius 3 is 2.42 bits per heavy atom. The minimum absolute atomic E-state index is 0.0728. The van der Waals surface area contributed by atoms with Crippen LogP contribution in [-0.4, -0.2) is 23.8 Å². The van der Waals surface area contributed by atoms with Crippen molar-refractivity contribution in [3.05, 3.63) is 64.2 Å². The summed E-state index contributed by atoms with van der Waals surface area (Å²) in [4.78, 5) is 21.8. The molecule has 0 saturated carbocycles. The number of nitro groups is 1. The lowest BCUT2D eigenvalue weighted by Gasteiger charge is -2.10. The van der Waals surface area contributed by atoms with Crippen LogP contribution in [0.5, 0.6) is 11.5 Å². The molecule has 2 rings (SSSR count). The highest BCUT2D eigenvalue weighted by Crippen LogP contribution is 2.22. The molecule has 0 aromatic heterocycles. The standard InChI is InChI=1S/C16H13F3N2O5/c17-16(18,19)26-13-6-4-11(5-7-13)9-20-15(22)10-25-14-3-1-2-12(8-14)21(23)24/h1-8H,9-10H2,(H,20,22). The molecule has 2 aromatic carbocycles. The van der Waals surface area contributed by atoms with Gasteiger partial charge in [0.05, 0.1) is 11.0 Å². The Bertz CT molecular complexity index is 778. The van der Waals surface area contributed by atoms with Gasteiger partial charge in [-0.1, -0.05) is 18.2 Å². The summed E-state index contributed by atoms with van der Waals surface area (Å²) in [5, 5.41) is 13.2. The lowest BCUT2D eigenvalue weighted by molar-refractivity contribution is -0.384. The highest BCUT2D eigenvalue weighted by molar-refractivity contribution is 5.77. The summed E-state index contributed by atoms with van der Waals surface area (Å²) in [6.45, 7) is -0.292. The summed E-state index contributed by atoms with van der Waals surface area (Å²) in [5.41, 5.74) is 0.396. The molecule has 0 aliphatic carbocycles. The number of rotatable bonds is 7. The van der Waals surface area contributed by atoms with Crippen LogP contribution in [-0.2, 0) is 11.3 Å². The third-order valence-electron chi connectivity index (χ3n) is 3.04. The van der Waals surface area contributed by atoms with Gasteiger partial charge in [-0.2, -0.15) is 0 Å². The minimum Gasteiger partial charge on any atom is -0.484 e. The Labute approximate surface area is 145 Å². The zero-order valence-corrected chi connectivity index (χ0v) is 13.2. The van der Waals surface area contributed by atoms with Gasteiger partial charge in [-0.25, -0.2) is 0 Å². The van der Waals surface area contributed by atoms with Crippen LogP contribution in [0.1, 0.15) is 5.56 Å². The van der Waals surface area contributed by atoms with Gasteiger partial charge in [0.1, 0.15) is 11.5 Å². The third-order valence-corrected chi connectivity index (χ3v) is 3.04. The fourth-order valence-electron chi connectivity index (χ4n) is 1.90. The molecule has 0 heterocycles. The van der Waals surface area contributed by atoms with Gasteiger partial charge in [0.25, 0.3) is 11.6 Å². The zero-order chi connectivity index (χ0) is 19.2. The number of carbonyl (C=O) groups excluding carboxylic acids is 1. The van der Waals surface area contributed by atoms with Crippen LogP contribution in [0.25, 0.3) is 0 Å². The number of alkyl halides is 3. The fourth-order valence-corrected chi connectivity index (χ4v) is 1.90. The van der Waals surface area contributed by atoms with E-state index in [1.54, 1.807) is 0 Å². The van der Waals surface area contributed by atoms with Crippen molar-refractivity contribution in [2.24, 2.45) is 0 Å². The first-order chi connectivity index (χ1) is 12.2. The smallest absolute Gasteiger partial charge is 0.484 e. The number of hydrogen-bond donors (Lipinski definition) is 1. The first-order valence-corrected chi connectivity index (χ1v) is 7.21. The van der Waals surface area contributed by atoms with Gasteiger partial charge in [-0.15, -0.1) is 13.2 Å². The summed E-state index contributed by atoms with van der Waals surface area (Å²) >= 11 is 0. The van der Waals surface area contributed by atoms with E-state index in [1.165, 1.54) is 36.4 Å².